The highest BCUT2D eigenvalue weighted by atomic mass is 127. The number of aliphatic imine (C=N–C) groups is 1. The quantitative estimate of drug-likeness (QED) is 0.273. The summed E-state index contributed by atoms with van der Waals surface area (Å²) in [5.41, 5.74) is 1.19. The zero-order valence-corrected chi connectivity index (χ0v) is 18.6. The van der Waals surface area contributed by atoms with Gasteiger partial charge < -0.3 is 20.4 Å². The maximum Gasteiger partial charge on any atom is 0.191 e. The first-order valence-corrected chi connectivity index (χ1v) is 9.16. The van der Waals surface area contributed by atoms with Crippen molar-refractivity contribution in [3.05, 3.63) is 29.3 Å². The normalized spacial score (nSPS) is 17.6. The van der Waals surface area contributed by atoms with Crippen LogP contribution in [0.4, 0.5) is 5.69 Å². The van der Waals surface area contributed by atoms with E-state index in [2.05, 4.69) is 52.5 Å². The Morgan fingerprint density at radius 2 is 2.20 bits per heavy atom. The Hall–Kier alpha value is -0.730. The summed E-state index contributed by atoms with van der Waals surface area (Å²) in [6, 6.07) is 8.49. The van der Waals surface area contributed by atoms with Crippen LogP contribution in [0.25, 0.3) is 0 Å². The van der Waals surface area contributed by atoms with Crippen LogP contribution in [0.3, 0.4) is 0 Å². The Balaban J connectivity index is 0.00000312. The second kappa shape index (κ2) is 11.8. The van der Waals surface area contributed by atoms with Gasteiger partial charge in [-0.3, -0.25) is 4.99 Å². The highest BCUT2D eigenvalue weighted by Crippen LogP contribution is 2.23. The number of nitrogens with one attached hydrogen (secondary N) is 2. The smallest absolute Gasteiger partial charge is 0.191 e. The fourth-order valence-corrected chi connectivity index (χ4v) is 3.06. The minimum absolute atomic E-state index is 0. The Bertz CT molecular complexity index is 538. The van der Waals surface area contributed by atoms with E-state index in [0.717, 1.165) is 56.5 Å². The molecule has 142 valence electrons. The first-order valence-electron chi connectivity index (χ1n) is 8.78. The van der Waals surface area contributed by atoms with Gasteiger partial charge in [-0.05, 0) is 58.6 Å². The maximum atomic E-state index is 6.10. The average molecular weight is 480 g/mol. The molecular formula is C18H31ClIN5. The van der Waals surface area contributed by atoms with Crippen LogP contribution in [-0.2, 0) is 0 Å². The van der Waals surface area contributed by atoms with E-state index in [1.165, 1.54) is 5.69 Å². The lowest BCUT2D eigenvalue weighted by atomic mass is 10.2. The molecule has 1 aromatic carbocycles. The molecule has 25 heavy (non-hydrogen) atoms. The van der Waals surface area contributed by atoms with Crippen LogP contribution in [0.2, 0.25) is 5.02 Å². The Labute approximate surface area is 174 Å². The first-order chi connectivity index (χ1) is 11.6. The predicted octanol–water partition coefficient (Wildman–Crippen LogP) is 3.04. The molecule has 0 spiro atoms. The standard InChI is InChI=1S/C18H30ClN5.HI/c1-4-20-18(21-10-6-11-23(2)3)22-16-9-12-24(14-16)17-8-5-7-15(19)13-17;/h5,7-8,13,16H,4,6,9-12,14H2,1-3H3,(H2,20,21,22);1H. The van der Waals surface area contributed by atoms with Crippen molar-refractivity contribution in [2.45, 2.75) is 25.8 Å². The summed E-state index contributed by atoms with van der Waals surface area (Å²) < 4.78 is 0. The van der Waals surface area contributed by atoms with Crippen molar-refractivity contribution < 1.29 is 0 Å². The lowest BCUT2D eigenvalue weighted by molar-refractivity contribution is 0.403. The van der Waals surface area contributed by atoms with Crippen LogP contribution in [0.1, 0.15) is 19.8 Å². The van der Waals surface area contributed by atoms with Crippen molar-refractivity contribution in [2.24, 2.45) is 4.99 Å². The summed E-state index contributed by atoms with van der Waals surface area (Å²) in [4.78, 5) is 9.25. The molecule has 2 rings (SSSR count). The molecule has 0 aromatic heterocycles. The van der Waals surface area contributed by atoms with Crippen LogP contribution in [0.15, 0.2) is 29.3 Å². The van der Waals surface area contributed by atoms with Crippen LogP contribution in [0.5, 0.6) is 0 Å². The average Bonchev–Trinajstić information content (AvgIpc) is 3.00. The largest absolute Gasteiger partial charge is 0.369 e. The van der Waals surface area contributed by atoms with Crippen LogP contribution < -0.4 is 15.5 Å². The summed E-state index contributed by atoms with van der Waals surface area (Å²) in [5, 5.41) is 7.71. The van der Waals surface area contributed by atoms with Crippen molar-refractivity contribution in [2.75, 3.05) is 51.7 Å². The van der Waals surface area contributed by atoms with E-state index in [4.69, 9.17) is 11.6 Å². The van der Waals surface area contributed by atoms with Gasteiger partial charge >= 0.3 is 0 Å². The third-order valence-corrected chi connectivity index (χ3v) is 4.32. The molecular weight excluding hydrogens is 449 g/mol. The highest BCUT2D eigenvalue weighted by Gasteiger charge is 2.23. The van der Waals surface area contributed by atoms with Crippen molar-refractivity contribution in [1.29, 1.82) is 0 Å². The third kappa shape index (κ3) is 8.00. The second-order valence-electron chi connectivity index (χ2n) is 6.47. The number of hydrogen-bond donors (Lipinski definition) is 2. The van der Waals surface area contributed by atoms with Crippen LogP contribution in [0, 0.1) is 0 Å². The van der Waals surface area contributed by atoms with Crippen molar-refractivity contribution >= 4 is 47.2 Å². The van der Waals surface area contributed by atoms with E-state index in [1.807, 2.05) is 18.2 Å². The van der Waals surface area contributed by atoms with Gasteiger partial charge in [0.15, 0.2) is 5.96 Å². The molecule has 1 fully saturated rings. The summed E-state index contributed by atoms with van der Waals surface area (Å²) in [5.74, 6) is 0.925. The zero-order valence-electron chi connectivity index (χ0n) is 15.5. The van der Waals surface area contributed by atoms with Gasteiger partial charge in [-0.15, -0.1) is 24.0 Å². The van der Waals surface area contributed by atoms with E-state index in [1.54, 1.807) is 0 Å². The van der Waals surface area contributed by atoms with Gasteiger partial charge in [-0.25, -0.2) is 0 Å². The number of nitrogens with zero attached hydrogens (tertiary/aromatic N) is 3. The van der Waals surface area contributed by atoms with Crippen molar-refractivity contribution in [3.63, 3.8) is 0 Å². The molecule has 1 saturated heterocycles. The molecule has 1 atom stereocenters. The van der Waals surface area contributed by atoms with E-state index in [-0.39, 0.29) is 24.0 Å². The molecule has 0 amide bonds. The maximum absolute atomic E-state index is 6.10. The van der Waals surface area contributed by atoms with Gasteiger partial charge in [0.2, 0.25) is 0 Å². The summed E-state index contributed by atoms with van der Waals surface area (Å²) >= 11 is 6.10. The van der Waals surface area contributed by atoms with E-state index in [9.17, 15) is 0 Å². The molecule has 1 unspecified atom stereocenters. The minimum Gasteiger partial charge on any atom is -0.369 e. The molecule has 1 heterocycles. The van der Waals surface area contributed by atoms with Gasteiger partial charge in [0.05, 0.1) is 0 Å². The molecule has 0 bridgehead atoms. The molecule has 0 radical (unpaired) electrons. The molecule has 1 aliphatic heterocycles. The first kappa shape index (κ1) is 22.3. The number of anilines is 1. The van der Waals surface area contributed by atoms with E-state index >= 15 is 0 Å². The van der Waals surface area contributed by atoms with Crippen molar-refractivity contribution in [3.8, 4) is 0 Å². The fourth-order valence-electron chi connectivity index (χ4n) is 2.88. The monoisotopic (exact) mass is 479 g/mol. The molecule has 1 aromatic rings. The van der Waals surface area contributed by atoms with Gasteiger partial charge in [-0.2, -0.15) is 0 Å². The fraction of sp³-hybridized carbons (Fsp3) is 0.611. The number of hydrogen-bond acceptors (Lipinski definition) is 3. The van der Waals surface area contributed by atoms with Gasteiger partial charge in [-0.1, -0.05) is 17.7 Å². The molecule has 0 aliphatic carbocycles. The summed E-state index contributed by atoms with van der Waals surface area (Å²) in [6.07, 6.45) is 2.18. The van der Waals surface area contributed by atoms with Crippen molar-refractivity contribution in [1.82, 2.24) is 15.5 Å². The second-order valence-corrected chi connectivity index (χ2v) is 6.91. The Morgan fingerprint density at radius 1 is 1.40 bits per heavy atom. The summed E-state index contributed by atoms with van der Waals surface area (Å²) in [7, 11) is 4.19. The lowest BCUT2D eigenvalue weighted by Gasteiger charge is -2.20. The molecule has 7 heteroatoms. The number of benzene rings is 1. The molecule has 2 N–H and O–H groups in total. The number of guanidine groups is 1. The third-order valence-electron chi connectivity index (χ3n) is 4.08. The lowest BCUT2D eigenvalue weighted by Crippen LogP contribution is -2.44. The highest BCUT2D eigenvalue weighted by molar-refractivity contribution is 14.0. The number of halogens is 2. The van der Waals surface area contributed by atoms with Gasteiger partial charge in [0.25, 0.3) is 0 Å². The number of rotatable bonds is 7. The SMILES string of the molecule is CCNC(=NCCCN(C)C)NC1CCN(c2cccc(Cl)c2)C1.I. The van der Waals surface area contributed by atoms with E-state index in [0.29, 0.717) is 6.04 Å². The molecule has 5 nitrogen and oxygen atoms in total. The van der Waals surface area contributed by atoms with Gasteiger partial charge in [0, 0.05) is 42.9 Å². The zero-order chi connectivity index (χ0) is 17.4. The summed E-state index contributed by atoms with van der Waals surface area (Å²) in [6.45, 7) is 6.90. The Kier molecular flexibility index (Phi) is 10.5. The van der Waals surface area contributed by atoms with Crippen LogP contribution in [-0.4, -0.2) is 63.7 Å². The minimum atomic E-state index is 0. The van der Waals surface area contributed by atoms with Gasteiger partial charge in [0.1, 0.15) is 0 Å². The van der Waals surface area contributed by atoms with Crippen LogP contribution >= 0.6 is 35.6 Å². The predicted molar refractivity (Wildman–Crippen MR) is 120 cm³/mol. The Morgan fingerprint density at radius 3 is 2.88 bits per heavy atom. The molecule has 0 saturated carbocycles. The topological polar surface area (TPSA) is 42.9 Å². The van der Waals surface area contributed by atoms with E-state index < -0.39 is 0 Å². The molecule has 1 aliphatic rings.